The molecule has 0 amide bonds. The maximum absolute atomic E-state index is 5.46. The molecule has 19 heavy (non-hydrogen) atoms. The predicted molar refractivity (Wildman–Crippen MR) is 80.2 cm³/mol. The second kappa shape index (κ2) is 7.76. The minimum Gasteiger partial charge on any atom is -0.382 e. The molecule has 0 spiro atoms. The highest BCUT2D eigenvalue weighted by Gasteiger charge is 2.03. The van der Waals surface area contributed by atoms with Gasteiger partial charge in [-0.1, -0.05) is 26.0 Å². The molecule has 1 unspecified atom stereocenters. The molecule has 0 saturated heterocycles. The van der Waals surface area contributed by atoms with E-state index in [4.69, 9.17) is 10.6 Å². The maximum atomic E-state index is 5.46. The third kappa shape index (κ3) is 5.28. The van der Waals surface area contributed by atoms with E-state index in [1.807, 2.05) is 19.1 Å². The van der Waals surface area contributed by atoms with E-state index in [9.17, 15) is 0 Å². The first-order valence-corrected chi connectivity index (χ1v) is 6.47. The van der Waals surface area contributed by atoms with Crippen LogP contribution in [0.5, 0.6) is 0 Å². The second-order valence-electron chi connectivity index (χ2n) is 4.83. The van der Waals surface area contributed by atoms with Crippen LogP contribution in [-0.2, 0) is 4.74 Å². The molecule has 5 nitrogen and oxygen atoms in total. The van der Waals surface area contributed by atoms with Crippen molar-refractivity contribution in [2.45, 2.75) is 32.7 Å². The summed E-state index contributed by atoms with van der Waals surface area (Å²) >= 11 is 0. The monoisotopic (exact) mass is 264 g/mol. The predicted octanol–water partition coefficient (Wildman–Crippen LogP) is 2.08. The normalized spacial score (nSPS) is 13.5. The van der Waals surface area contributed by atoms with Crippen molar-refractivity contribution in [2.24, 2.45) is 10.8 Å². The molecule has 106 valence electrons. The van der Waals surface area contributed by atoms with Gasteiger partial charge in [0, 0.05) is 12.8 Å². The topological polar surface area (TPSA) is 71.7 Å². The van der Waals surface area contributed by atoms with Crippen LogP contribution in [0.25, 0.3) is 0 Å². The Labute approximate surface area is 115 Å². The van der Waals surface area contributed by atoms with Crippen LogP contribution < -0.4 is 16.6 Å². The Hall–Kier alpha value is -1.59. The maximum Gasteiger partial charge on any atom is 0.210 e. The van der Waals surface area contributed by atoms with Crippen molar-refractivity contribution in [3.05, 3.63) is 29.8 Å². The molecular formula is C14H24N4O. The van der Waals surface area contributed by atoms with Crippen molar-refractivity contribution in [3.8, 4) is 0 Å². The summed E-state index contributed by atoms with van der Waals surface area (Å²) < 4.78 is 5.04. The molecular weight excluding hydrogens is 240 g/mol. The van der Waals surface area contributed by atoms with E-state index in [1.54, 1.807) is 7.11 Å². The zero-order chi connectivity index (χ0) is 14.3. The minimum atomic E-state index is 0.0403. The first-order chi connectivity index (χ1) is 9.06. The lowest BCUT2D eigenvalue weighted by molar-refractivity contribution is 0.185. The van der Waals surface area contributed by atoms with Crippen LogP contribution in [0.2, 0.25) is 0 Å². The number of ether oxygens (including phenoxy) is 1. The molecule has 0 aliphatic carbocycles. The van der Waals surface area contributed by atoms with Crippen LogP contribution >= 0.6 is 0 Å². The number of hydrazine groups is 1. The third-order valence-corrected chi connectivity index (χ3v) is 2.73. The van der Waals surface area contributed by atoms with E-state index >= 15 is 0 Å². The van der Waals surface area contributed by atoms with E-state index in [1.165, 1.54) is 5.56 Å². The number of hydrogen-bond acceptors (Lipinski definition) is 3. The van der Waals surface area contributed by atoms with Crippen LogP contribution in [0.3, 0.4) is 0 Å². The Morgan fingerprint density at radius 3 is 2.37 bits per heavy atom. The van der Waals surface area contributed by atoms with Gasteiger partial charge in [-0.25, -0.2) is 10.8 Å². The fraction of sp³-hybridized carbons (Fsp3) is 0.500. The molecule has 0 aromatic heterocycles. The highest BCUT2D eigenvalue weighted by molar-refractivity contribution is 5.93. The Morgan fingerprint density at radius 2 is 1.89 bits per heavy atom. The number of benzene rings is 1. The molecule has 1 aromatic rings. The number of rotatable bonds is 5. The molecule has 0 heterocycles. The van der Waals surface area contributed by atoms with E-state index in [-0.39, 0.29) is 6.04 Å². The fourth-order valence-corrected chi connectivity index (χ4v) is 1.69. The summed E-state index contributed by atoms with van der Waals surface area (Å²) in [5, 5.41) is 3.14. The van der Waals surface area contributed by atoms with E-state index in [0.717, 1.165) is 5.69 Å². The average molecular weight is 264 g/mol. The van der Waals surface area contributed by atoms with Gasteiger partial charge in [-0.3, -0.25) is 5.43 Å². The first-order valence-electron chi connectivity index (χ1n) is 6.47. The summed E-state index contributed by atoms with van der Waals surface area (Å²) in [6.45, 7) is 6.86. The Morgan fingerprint density at radius 1 is 1.26 bits per heavy atom. The number of nitrogens with zero attached hydrogens (tertiary/aromatic N) is 1. The molecule has 0 aliphatic rings. The minimum absolute atomic E-state index is 0.0403. The lowest BCUT2D eigenvalue weighted by Gasteiger charge is -2.13. The average Bonchev–Trinajstić information content (AvgIpc) is 2.38. The molecule has 0 bridgehead atoms. The number of aliphatic imine (C=N–C) groups is 1. The smallest absolute Gasteiger partial charge is 0.210 e. The molecule has 1 rings (SSSR count). The lowest BCUT2D eigenvalue weighted by Crippen LogP contribution is -2.37. The van der Waals surface area contributed by atoms with Crippen LogP contribution in [0.4, 0.5) is 5.69 Å². The number of anilines is 1. The SMILES string of the molecule is COCC(C)N=C(NN)Nc1ccc(C(C)C)cc1. The van der Waals surface area contributed by atoms with Gasteiger partial charge in [-0.2, -0.15) is 0 Å². The molecule has 1 aromatic carbocycles. The van der Waals surface area contributed by atoms with Gasteiger partial charge in [0.2, 0.25) is 5.96 Å². The summed E-state index contributed by atoms with van der Waals surface area (Å²) in [6.07, 6.45) is 0. The fourth-order valence-electron chi connectivity index (χ4n) is 1.69. The van der Waals surface area contributed by atoms with Crippen LogP contribution in [0.1, 0.15) is 32.3 Å². The summed E-state index contributed by atoms with van der Waals surface area (Å²) in [4.78, 5) is 4.38. The molecule has 5 heteroatoms. The number of methoxy groups -OCH3 is 1. The van der Waals surface area contributed by atoms with Gasteiger partial charge in [0.25, 0.3) is 0 Å². The molecule has 4 N–H and O–H groups in total. The second-order valence-corrected chi connectivity index (χ2v) is 4.83. The van der Waals surface area contributed by atoms with Gasteiger partial charge < -0.3 is 10.1 Å². The lowest BCUT2D eigenvalue weighted by atomic mass is 10.0. The van der Waals surface area contributed by atoms with Crippen molar-refractivity contribution < 1.29 is 4.74 Å². The van der Waals surface area contributed by atoms with Gasteiger partial charge in [-0.15, -0.1) is 0 Å². The van der Waals surface area contributed by atoms with Crippen molar-refractivity contribution >= 4 is 11.6 Å². The van der Waals surface area contributed by atoms with Gasteiger partial charge in [0.1, 0.15) is 0 Å². The van der Waals surface area contributed by atoms with Crippen molar-refractivity contribution in [1.29, 1.82) is 0 Å². The molecule has 0 radical (unpaired) electrons. The Bertz CT molecular complexity index is 400. The van der Waals surface area contributed by atoms with Crippen molar-refractivity contribution in [2.75, 3.05) is 19.0 Å². The Balaban J connectivity index is 2.70. The van der Waals surface area contributed by atoms with Gasteiger partial charge in [-0.05, 0) is 30.5 Å². The highest BCUT2D eigenvalue weighted by Crippen LogP contribution is 2.16. The van der Waals surface area contributed by atoms with Gasteiger partial charge >= 0.3 is 0 Å². The first kappa shape index (κ1) is 15.5. The largest absolute Gasteiger partial charge is 0.382 e. The third-order valence-electron chi connectivity index (χ3n) is 2.73. The van der Waals surface area contributed by atoms with Crippen molar-refractivity contribution in [3.63, 3.8) is 0 Å². The molecule has 0 saturated carbocycles. The van der Waals surface area contributed by atoms with Gasteiger partial charge in [0.15, 0.2) is 0 Å². The number of guanidine groups is 1. The zero-order valence-electron chi connectivity index (χ0n) is 12.1. The van der Waals surface area contributed by atoms with E-state index in [2.05, 4.69) is 41.7 Å². The highest BCUT2D eigenvalue weighted by atomic mass is 16.5. The quantitative estimate of drug-likeness (QED) is 0.329. The standard InChI is InChI=1S/C14H24N4O/c1-10(2)12-5-7-13(8-6-12)17-14(18-15)16-11(3)9-19-4/h5-8,10-11H,9,15H2,1-4H3,(H2,16,17,18). The number of hydrogen-bond donors (Lipinski definition) is 3. The van der Waals surface area contributed by atoms with Gasteiger partial charge in [0.05, 0.1) is 12.6 Å². The van der Waals surface area contributed by atoms with Crippen LogP contribution in [0.15, 0.2) is 29.3 Å². The summed E-state index contributed by atoms with van der Waals surface area (Å²) in [5.41, 5.74) is 4.81. The zero-order valence-corrected chi connectivity index (χ0v) is 12.1. The summed E-state index contributed by atoms with van der Waals surface area (Å²) in [6, 6.07) is 8.27. The molecule has 1 atom stereocenters. The summed E-state index contributed by atoms with van der Waals surface area (Å²) in [7, 11) is 1.65. The van der Waals surface area contributed by atoms with E-state index < -0.39 is 0 Å². The van der Waals surface area contributed by atoms with Crippen LogP contribution in [-0.4, -0.2) is 25.7 Å². The van der Waals surface area contributed by atoms with Crippen molar-refractivity contribution in [1.82, 2.24) is 5.43 Å². The number of nitrogens with one attached hydrogen (secondary N) is 2. The number of nitrogens with two attached hydrogens (primary N) is 1. The van der Waals surface area contributed by atoms with E-state index in [0.29, 0.717) is 18.5 Å². The van der Waals surface area contributed by atoms with Crippen LogP contribution in [0, 0.1) is 0 Å². The summed E-state index contributed by atoms with van der Waals surface area (Å²) in [5.74, 6) is 6.51. The Kier molecular flexibility index (Phi) is 6.32. The molecule has 0 fully saturated rings. The molecule has 0 aliphatic heterocycles.